The molecular weight excluding hydrogens is 426 g/mol. The maximum absolute atomic E-state index is 12.5. The quantitative estimate of drug-likeness (QED) is 0.508. The Hall–Kier alpha value is -2.93. The van der Waals surface area contributed by atoms with Gasteiger partial charge in [-0.2, -0.15) is 22.5 Å². The van der Waals surface area contributed by atoms with Crippen molar-refractivity contribution < 1.29 is 18.3 Å². The van der Waals surface area contributed by atoms with Crippen molar-refractivity contribution in [2.75, 3.05) is 30.3 Å². The minimum atomic E-state index is -4.18. The molecule has 0 radical (unpaired) electrons. The Morgan fingerprint density at radius 2 is 2.03 bits per heavy atom. The van der Waals surface area contributed by atoms with E-state index < -0.39 is 27.4 Å². The van der Waals surface area contributed by atoms with E-state index >= 15 is 0 Å². The summed E-state index contributed by atoms with van der Waals surface area (Å²) in [5.41, 5.74) is 4.46. The normalized spacial score (nSPS) is 15.9. The lowest BCUT2D eigenvalue weighted by Crippen LogP contribution is -2.54. The second-order valence-corrected chi connectivity index (χ2v) is 10.1. The molecule has 5 N–H and O–H groups in total. The number of nitrogen functional groups attached to an aromatic ring is 1. The number of nitrogens with two attached hydrogens (primary N) is 1. The number of rotatable bonds is 5. The van der Waals surface area contributed by atoms with Crippen LogP contribution in [-0.2, 0) is 10.2 Å². The molecule has 13 heteroatoms. The van der Waals surface area contributed by atoms with Crippen molar-refractivity contribution in [3.63, 3.8) is 0 Å². The monoisotopic (exact) mass is 453 g/mol. The van der Waals surface area contributed by atoms with E-state index in [9.17, 15) is 23.1 Å². The largest absolute Gasteiger partial charge is 0.464 e. The van der Waals surface area contributed by atoms with Gasteiger partial charge in [0.05, 0.1) is 17.1 Å². The van der Waals surface area contributed by atoms with Crippen molar-refractivity contribution in [3.8, 4) is 0 Å². The van der Waals surface area contributed by atoms with Crippen LogP contribution in [0.4, 0.5) is 16.4 Å². The fourth-order valence-corrected chi connectivity index (χ4v) is 5.20. The standard InChI is InChI=1S/C18H27N7O5S/c1-18(2,3)25(17(27)28)31(29,30)21-9-11-4-6-24(7-5-11)13-8-12-10-20-23-16(26)14(12)15(19)22-13/h8,10-11,21H,4-7,9H2,1-3H3,(H2,19,22)(H,23,26)(H,27,28). The number of aromatic nitrogens is 3. The van der Waals surface area contributed by atoms with Crippen LogP contribution in [0.25, 0.3) is 10.8 Å². The highest BCUT2D eigenvalue weighted by atomic mass is 32.2. The predicted molar refractivity (Wildman–Crippen MR) is 116 cm³/mol. The second kappa shape index (κ2) is 8.30. The molecule has 0 saturated carbocycles. The molecule has 0 atom stereocenters. The molecule has 0 bridgehead atoms. The molecule has 2 aromatic heterocycles. The maximum atomic E-state index is 12.5. The average Bonchev–Trinajstić information content (AvgIpc) is 2.65. The topological polar surface area (TPSA) is 175 Å². The van der Waals surface area contributed by atoms with Crippen molar-refractivity contribution in [1.82, 2.24) is 24.2 Å². The summed E-state index contributed by atoms with van der Waals surface area (Å²) >= 11 is 0. The number of piperidine rings is 1. The number of amides is 1. The number of pyridine rings is 1. The van der Waals surface area contributed by atoms with Gasteiger partial charge in [0.1, 0.15) is 11.6 Å². The average molecular weight is 454 g/mol. The van der Waals surface area contributed by atoms with E-state index in [4.69, 9.17) is 5.73 Å². The number of hydrogen-bond donors (Lipinski definition) is 4. The van der Waals surface area contributed by atoms with E-state index in [0.29, 0.717) is 46.8 Å². The van der Waals surface area contributed by atoms with Crippen LogP contribution in [0.1, 0.15) is 33.6 Å². The van der Waals surface area contributed by atoms with Crippen LogP contribution < -0.4 is 20.9 Å². The lowest BCUT2D eigenvalue weighted by Gasteiger charge is -2.35. The molecule has 2 aromatic rings. The van der Waals surface area contributed by atoms with Crippen LogP contribution in [-0.4, -0.2) is 64.3 Å². The van der Waals surface area contributed by atoms with Gasteiger partial charge < -0.3 is 15.7 Å². The third kappa shape index (κ3) is 4.88. The minimum absolute atomic E-state index is 0.0453. The summed E-state index contributed by atoms with van der Waals surface area (Å²) < 4.78 is 27.9. The van der Waals surface area contributed by atoms with E-state index in [0.717, 1.165) is 0 Å². The highest BCUT2D eigenvalue weighted by Crippen LogP contribution is 2.26. The summed E-state index contributed by atoms with van der Waals surface area (Å²) in [6, 6.07) is 1.75. The molecule has 0 spiro atoms. The summed E-state index contributed by atoms with van der Waals surface area (Å²) in [6.45, 7) is 5.92. The van der Waals surface area contributed by atoms with E-state index in [1.54, 1.807) is 6.07 Å². The number of fused-ring (bicyclic) bond motifs is 1. The van der Waals surface area contributed by atoms with Crippen molar-refractivity contribution in [2.45, 2.75) is 39.2 Å². The molecule has 3 heterocycles. The first-order valence-corrected chi connectivity index (χ1v) is 11.3. The first-order chi connectivity index (χ1) is 14.4. The molecule has 0 aromatic carbocycles. The number of carbonyl (C=O) groups is 1. The Kier molecular flexibility index (Phi) is 6.09. The fourth-order valence-electron chi connectivity index (χ4n) is 3.70. The van der Waals surface area contributed by atoms with Gasteiger partial charge >= 0.3 is 16.3 Å². The third-order valence-corrected chi connectivity index (χ3v) is 6.89. The summed E-state index contributed by atoms with van der Waals surface area (Å²) in [6.07, 6.45) is 1.35. The summed E-state index contributed by atoms with van der Waals surface area (Å²) in [5.74, 6) is 0.798. The minimum Gasteiger partial charge on any atom is -0.464 e. The molecule has 31 heavy (non-hydrogen) atoms. The predicted octanol–water partition coefficient (Wildman–Crippen LogP) is 0.730. The number of H-pyrrole nitrogens is 1. The van der Waals surface area contributed by atoms with Gasteiger partial charge in [0, 0.05) is 25.0 Å². The maximum Gasteiger partial charge on any atom is 0.422 e. The number of anilines is 2. The van der Waals surface area contributed by atoms with Gasteiger partial charge in [-0.15, -0.1) is 0 Å². The van der Waals surface area contributed by atoms with Crippen LogP contribution in [0.5, 0.6) is 0 Å². The molecule has 3 rings (SSSR count). The first-order valence-electron chi connectivity index (χ1n) is 9.82. The summed E-state index contributed by atoms with van der Waals surface area (Å²) in [7, 11) is -4.18. The fraction of sp³-hybridized carbons (Fsp3) is 0.556. The van der Waals surface area contributed by atoms with Gasteiger partial charge in [0.25, 0.3) is 5.56 Å². The number of nitrogens with zero attached hydrogens (tertiary/aromatic N) is 4. The van der Waals surface area contributed by atoms with Gasteiger partial charge in [-0.3, -0.25) is 4.79 Å². The van der Waals surface area contributed by atoms with Gasteiger partial charge in [-0.1, -0.05) is 0 Å². The Morgan fingerprint density at radius 3 is 2.61 bits per heavy atom. The molecule has 170 valence electrons. The zero-order valence-corrected chi connectivity index (χ0v) is 18.4. The zero-order valence-electron chi connectivity index (χ0n) is 17.6. The van der Waals surface area contributed by atoms with Crippen LogP contribution in [0.2, 0.25) is 0 Å². The zero-order chi connectivity index (χ0) is 23.0. The summed E-state index contributed by atoms with van der Waals surface area (Å²) in [4.78, 5) is 29.7. The molecule has 1 fully saturated rings. The number of hydrogen-bond acceptors (Lipinski definition) is 8. The van der Waals surface area contributed by atoms with Gasteiger partial charge in [0.2, 0.25) is 0 Å². The molecule has 1 amide bonds. The Morgan fingerprint density at radius 1 is 1.39 bits per heavy atom. The lowest BCUT2D eigenvalue weighted by atomic mass is 9.97. The van der Waals surface area contributed by atoms with Crippen molar-refractivity contribution >= 4 is 38.7 Å². The van der Waals surface area contributed by atoms with Crippen molar-refractivity contribution in [1.29, 1.82) is 0 Å². The second-order valence-electron chi connectivity index (χ2n) is 8.53. The van der Waals surface area contributed by atoms with Gasteiger partial charge in [-0.05, 0) is 45.6 Å². The van der Waals surface area contributed by atoms with Crippen molar-refractivity contribution in [3.05, 3.63) is 22.6 Å². The van der Waals surface area contributed by atoms with Crippen LogP contribution in [0.15, 0.2) is 17.1 Å². The van der Waals surface area contributed by atoms with E-state index in [-0.39, 0.29) is 18.3 Å². The third-order valence-electron chi connectivity index (χ3n) is 5.18. The molecule has 0 aliphatic carbocycles. The van der Waals surface area contributed by atoms with Crippen molar-refractivity contribution in [2.24, 2.45) is 5.92 Å². The number of aromatic amines is 1. The Labute approximate surface area is 179 Å². The van der Waals surface area contributed by atoms with Crippen LogP contribution >= 0.6 is 0 Å². The highest BCUT2D eigenvalue weighted by molar-refractivity contribution is 7.87. The Bertz CT molecular complexity index is 1130. The Balaban J connectivity index is 1.64. The van der Waals surface area contributed by atoms with E-state index in [1.165, 1.54) is 27.0 Å². The number of carboxylic acid groups (broad SMARTS) is 1. The smallest absolute Gasteiger partial charge is 0.422 e. The molecule has 1 saturated heterocycles. The summed E-state index contributed by atoms with van der Waals surface area (Å²) in [5, 5.41) is 16.3. The molecule has 1 aliphatic heterocycles. The number of nitrogens with one attached hydrogen (secondary N) is 2. The first kappa shape index (κ1) is 22.7. The van der Waals surface area contributed by atoms with E-state index in [1.807, 2.05) is 4.90 Å². The van der Waals surface area contributed by atoms with E-state index in [2.05, 4.69) is 19.9 Å². The van der Waals surface area contributed by atoms with Gasteiger partial charge in [0.15, 0.2) is 0 Å². The molecule has 0 unspecified atom stereocenters. The lowest BCUT2D eigenvalue weighted by molar-refractivity contribution is 0.145. The molecule has 1 aliphatic rings. The SMILES string of the molecule is CC(C)(C)N(C(=O)O)S(=O)(=O)NCC1CCN(c2cc3cn[nH]c(=O)c3c(N)n2)CC1. The highest BCUT2D eigenvalue weighted by Gasteiger charge is 2.37. The molecular formula is C18H27N7O5S. The van der Waals surface area contributed by atoms with Gasteiger partial charge in [-0.25, -0.2) is 14.9 Å². The molecule has 12 nitrogen and oxygen atoms in total. The van der Waals surface area contributed by atoms with Crippen LogP contribution in [0.3, 0.4) is 0 Å². The van der Waals surface area contributed by atoms with Crippen LogP contribution in [0, 0.1) is 5.92 Å².